The monoisotopic (exact) mass is 271 g/mol. The largest absolute Gasteiger partial charge is 0.374 e. The van der Waals surface area contributed by atoms with Crippen LogP contribution in [0.25, 0.3) is 0 Å². The molecule has 2 nitrogen and oxygen atoms in total. The van der Waals surface area contributed by atoms with Crippen molar-refractivity contribution in [1.29, 1.82) is 0 Å². The van der Waals surface area contributed by atoms with Crippen molar-refractivity contribution in [3.05, 3.63) is 35.4 Å². The predicted molar refractivity (Wildman–Crippen MR) is 73.1 cm³/mol. The average Bonchev–Trinajstić information content (AvgIpc) is 2.38. The van der Waals surface area contributed by atoms with Crippen molar-refractivity contribution in [3.63, 3.8) is 0 Å². The maximum Gasteiger partial charge on any atom is 0.163 e. The van der Waals surface area contributed by atoms with Crippen LogP contribution in [0.3, 0.4) is 0 Å². The number of halogens is 2. The van der Waals surface area contributed by atoms with Crippen LogP contribution in [0.5, 0.6) is 0 Å². The Labute approximate surface area is 114 Å². The van der Waals surface area contributed by atoms with Crippen LogP contribution in [0.15, 0.2) is 18.2 Å². The van der Waals surface area contributed by atoms with Gasteiger partial charge in [-0.25, -0.2) is 8.78 Å². The molecule has 1 rings (SSSR count). The first-order chi connectivity index (χ1) is 8.91. The molecule has 1 atom stereocenters. The fraction of sp³-hybridized carbons (Fsp3) is 0.600. The molecule has 0 aliphatic carbocycles. The van der Waals surface area contributed by atoms with Crippen LogP contribution >= 0.6 is 0 Å². The summed E-state index contributed by atoms with van der Waals surface area (Å²) in [5.74, 6) is -1.62. The van der Waals surface area contributed by atoms with E-state index in [4.69, 9.17) is 4.74 Å². The summed E-state index contributed by atoms with van der Waals surface area (Å²) < 4.78 is 32.9. The van der Waals surface area contributed by atoms with E-state index in [1.165, 1.54) is 6.07 Å². The van der Waals surface area contributed by atoms with Crippen LogP contribution in [0, 0.1) is 11.6 Å². The molecule has 0 fully saturated rings. The molecular formula is C15H23F2NO. The van der Waals surface area contributed by atoms with Gasteiger partial charge in [0, 0.05) is 5.56 Å². The number of nitrogens with one attached hydrogen (secondary N) is 1. The Morgan fingerprint density at radius 3 is 2.53 bits per heavy atom. The Morgan fingerprint density at radius 2 is 1.95 bits per heavy atom. The Hall–Kier alpha value is -1.00. The van der Waals surface area contributed by atoms with Crippen LogP contribution in [-0.2, 0) is 4.74 Å². The van der Waals surface area contributed by atoms with E-state index in [-0.39, 0.29) is 11.6 Å². The van der Waals surface area contributed by atoms with Crippen LogP contribution in [-0.4, -0.2) is 18.8 Å². The minimum atomic E-state index is -0.824. The maximum atomic E-state index is 13.8. The van der Waals surface area contributed by atoms with Gasteiger partial charge in [-0.3, -0.25) is 0 Å². The van der Waals surface area contributed by atoms with Gasteiger partial charge in [0.15, 0.2) is 11.6 Å². The minimum absolute atomic E-state index is 0.266. The van der Waals surface area contributed by atoms with Crippen molar-refractivity contribution < 1.29 is 13.5 Å². The molecule has 1 unspecified atom stereocenters. The lowest BCUT2D eigenvalue weighted by atomic mass is 10.0. The summed E-state index contributed by atoms with van der Waals surface area (Å²) in [6.45, 7) is 8.90. The van der Waals surface area contributed by atoms with Gasteiger partial charge in [0.2, 0.25) is 0 Å². The molecule has 0 bridgehead atoms. The van der Waals surface area contributed by atoms with Gasteiger partial charge in [-0.15, -0.1) is 0 Å². The Balaban J connectivity index is 2.85. The van der Waals surface area contributed by atoms with Crippen molar-refractivity contribution in [2.75, 3.05) is 13.2 Å². The minimum Gasteiger partial charge on any atom is -0.374 e. The number of hydrogen-bond acceptors (Lipinski definition) is 2. The molecular weight excluding hydrogens is 248 g/mol. The van der Waals surface area contributed by atoms with E-state index in [2.05, 4.69) is 5.32 Å². The second kappa shape index (κ2) is 6.96. The third-order valence-electron chi connectivity index (χ3n) is 3.30. The van der Waals surface area contributed by atoms with E-state index in [0.717, 1.165) is 12.5 Å². The standard InChI is InChI=1S/C15H23F2NO/c1-5-15(3,4)19-10-13(18-6-2)11-8-7-9-12(16)14(11)17/h7-9,13,18H,5-6,10H2,1-4H3. The Kier molecular flexibility index (Phi) is 5.88. The van der Waals surface area contributed by atoms with Gasteiger partial charge in [-0.05, 0) is 32.9 Å². The highest BCUT2D eigenvalue weighted by molar-refractivity contribution is 5.22. The average molecular weight is 271 g/mol. The van der Waals surface area contributed by atoms with Gasteiger partial charge in [0.05, 0.1) is 18.2 Å². The first-order valence-electron chi connectivity index (χ1n) is 6.72. The zero-order chi connectivity index (χ0) is 14.5. The molecule has 0 aromatic heterocycles. The smallest absolute Gasteiger partial charge is 0.163 e. The SMILES string of the molecule is CCNC(COC(C)(C)CC)c1cccc(F)c1F. The van der Waals surface area contributed by atoms with Crippen LogP contribution in [0.2, 0.25) is 0 Å². The number of benzene rings is 1. The summed E-state index contributed by atoms with van der Waals surface area (Å²) in [5.41, 5.74) is 0.0473. The molecule has 1 N–H and O–H groups in total. The molecule has 1 aromatic rings. The zero-order valence-electron chi connectivity index (χ0n) is 12.1. The molecule has 0 saturated heterocycles. The van der Waals surface area contributed by atoms with Crippen LogP contribution < -0.4 is 5.32 Å². The summed E-state index contributed by atoms with van der Waals surface area (Å²) in [6.07, 6.45) is 0.859. The quantitative estimate of drug-likeness (QED) is 0.814. The molecule has 1 aromatic carbocycles. The first kappa shape index (κ1) is 16.1. The van der Waals surface area contributed by atoms with Gasteiger partial charge in [-0.1, -0.05) is 26.0 Å². The molecule has 0 amide bonds. The van der Waals surface area contributed by atoms with E-state index in [0.29, 0.717) is 18.7 Å². The third kappa shape index (κ3) is 4.55. The number of rotatable bonds is 7. The van der Waals surface area contributed by atoms with E-state index in [9.17, 15) is 8.78 Å². The van der Waals surface area contributed by atoms with Crippen molar-refractivity contribution in [2.24, 2.45) is 0 Å². The van der Waals surface area contributed by atoms with Gasteiger partial charge in [0.25, 0.3) is 0 Å². The topological polar surface area (TPSA) is 21.3 Å². The molecule has 0 aliphatic rings. The Morgan fingerprint density at radius 1 is 1.26 bits per heavy atom. The second-order valence-electron chi connectivity index (χ2n) is 5.18. The fourth-order valence-corrected chi connectivity index (χ4v) is 1.71. The summed E-state index contributed by atoms with van der Waals surface area (Å²) in [6, 6.07) is 3.89. The highest BCUT2D eigenvalue weighted by Gasteiger charge is 2.22. The molecule has 0 saturated carbocycles. The highest BCUT2D eigenvalue weighted by Crippen LogP contribution is 2.22. The maximum absolute atomic E-state index is 13.8. The molecule has 108 valence electrons. The first-order valence-corrected chi connectivity index (χ1v) is 6.72. The van der Waals surface area contributed by atoms with Crippen molar-refractivity contribution in [3.8, 4) is 0 Å². The van der Waals surface area contributed by atoms with Gasteiger partial charge in [-0.2, -0.15) is 0 Å². The summed E-state index contributed by atoms with van der Waals surface area (Å²) >= 11 is 0. The molecule has 0 aliphatic heterocycles. The Bertz CT molecular complexity index is 407. The third-order valence-corrected chi connectivity index (χ3v) is 3.30. The zero-order valence-corrected chi connectivity index (χ0v) is 12.1. The number of ether oxygens (including phenoxy) is 1. The van der Waals surface area contributed by atoms with Crippen molar-refractivity contribution in [1.82, 2.24) is 5.32 Å². The summed E-state index contributed by atoms with van der Waals surface area (Å²) in [4.78, 5) is 0. The summed E-state index contributed by atoms with van der Waals surface area (Å²) in [5, 5.41) is 3.13. The second-order valence-corrected chi connectivity index (χ2v) is 5.18. The van der Waals surface area contributed by atoms with E-state index >= 15 is 0 Å². The molecule has 4 heteroatoms. The van der Waals surface area contributed by atoms with Gasteiger partial charge < -0.3 is 10.1 Å². The molecule has 0 spiro atoms. The van der Waals surface area contributed by atoms with E-state index in [1.54, 1.807) is 6.07 Å². The lowest BCUT2D eigenvalue weighted by Crippen LogP contribution is -2.32. The fourth-order valence-electron chi connectivity index (χ4n) is 1.71. The molecule has 19 heavy (non-hydrogen) atoms. The van der Waals surface area contributed by atoms with E-state index < -0.39 is 11.6 Å². The lowest BCUT2D eigenvalue weighted by Gasteiger charge is -2.27. The predicted octanol–water partition coefficient (Wildman–Crippen LogP) is 3.82. The lowest BCUT2D eigenvalue weighted by molar-refractivity contribution is -0.0310. The molecule has 0 radical (unpaired) electrons. The van der Waals surface area contributed by atoms with Crippen molar-refractivity contribution >= 4 is 0 Å². The molecule has 0 heterocycles. The van der Waals surface area contributed by atoms with Crippen LogP contribution in [0.4, 0.5) is 8.78 Å². The van der Waals surface area contributed by atoms with Crippen LogP contribution in [0.1, 0.15) is 45.7 Å². The van der Waals surface area contributed by atoms with Gasteiger partial charge >= 0.3 is 0 Å². The highest BCUT2D eigenvalue weighted by atomic mass is 19.2. The summed E-state index contributed by atoms with van der Waals surface area (Å²) in [7, 11) is 0. The number of hydrogen-bond donors (Lipinski definition) is 1. The van der Waals surface area contributed by atoms with Gasteiger partial charge in [0.1, 0.15) is 0 Å². The van der Waals surface area contributed by atoms with Crippen molar-refractivity contribution in [2.45, 2.75) is 45.8 Å². The van der Waals surface area contributed by atoms with E-state index in [1.807, 2.05) is 27.7 Å². The normalized spacial score (nSPS) is 13.6. The number of likely N-dealkylation sites (N-methyl/N-ethyl adjacent to an activating group) is 1.